The molecule has 0 aromatic heterocycles. The highest BCUT2D eigenvalue weighted by Gasteiger charge is 2.50. The van der Waals surface area contributed by atoms with E-state index in [4.69, 9.17) is 33.2 Å². The topological polar surface area (TPSA) is 81.7 Å². The van der Waals surface area contributed by atoms with Crippen LogP contribution in [0.15, 0.2) is 103 Å². The molecule has 1 aliphatic rings. The largest absolute Gasteiger partial charge is 0.454 e. The fourth-order valence-electron chi connectivity index (χ4n) is 5.24. The Balaban J connectivity index is 1.52. The zero-order valence-corrected chi connectivity index (χ0v) is 27.0. The Labute approximate surface area is 273 Å². The summed E-state index contributed by atoms with van der Waals surface area (Å²) in [5, 5.41) is 0. The number of hydrogen-bond acceptors (Lipinski definition) is 8. The number of rotatable bonds is 20. The first kappa shape index (κ1) is 35.5. The zero-order valence-electron chi connectivity index (χ0n) is 27.0. The molecule has 46 heavy (non-hydrogen) atoms. The normalized spacial score (nSPS) is 21.4. The molecule has 1 fully saturated rings. The quantitative estimate of drug-likeness (QED) is 0.0764. The van der Waals surface area contributed by atoms with Crippen LogP contribution in [0.25, 0.3) is 0 Å². The second kappa shape index (κ2) is 20.7. The van der Waals surface area contributed by atoms with Crippen LogP contribution in [0.3, 0.4) is 0 Å². The molecule has 1 aliphatic heterocycles. The number of ether oxygens (including phenoxy) is 7. The molecule has 4 rings (SSSR count). The van der Waals surface area contributed by atoms with Gasteiger partial charge in [-0.2, -0.15) is 0 Å². The third-order valence-corrected chi connectivity index (χ3v) is 7.54. The molecule has 2 unspecified atom stereocenters. The number of benzene rings is 3. The first-order valence-corrected chi connectivity index (χ1v) is 16.1. The Kier molecular flexibility index (Phi) is 16.0. The van der Waals surface area contributed by atoms with Gasteiger partial charge in [0.2, 0.25) is 0 Å². The number of hydrogen-bond donors (Lipinski definition) is 0. The third kappa shape index (κ3) is 12.4. The molecule has 0 radical (unpaired) electrons. The van der Waals surface area contributed by atoms with E-state index in [1.54, 1.807) is 7.11 Å². The average Bonchev–Trinajstić information content (AvgIpc) is 3.08. The van der Waals surface area contributed by atoms with E-state index in [9.17, 15) is 4.79 Å². The van der Waals surface area contributed by atoms with Crippen molar-refractivity contribution in [3.63, 3.8) is 0 Å². The molecule has 0 spiro atoms. The molecule has 8 nitrogen and oxygen atoms in total. The molecule has 3 aromatic carbocycles. The van der Waals surface area contributed by atoms with Crippen molar-refractivity contribution in [2.45, 2.75) is 83.1 Å². The monoisotopic (exact) mass is 632 g/mol. The summed E-state index contributed by atoms with van der Waals surface area (Å²) in [6.07, 6.45) is 4.38. The van der Waals surface area contributed by atoms with Gasteiger partial charge >= 0.3 is 5.97 Å². The van der Waals surface area contributed by atoms with Crippen LogP contribution in [0.5, 0.6) is 0 Å². The van der Waals surface area contributed by atoms with Crippen LogP contribution >= 0.6 is 0 Å². The highest BCUT2D eigenvalue weighted by Crippen LogP contribution is 2.31. The summed E-state index contributed by atoms with van der Waals surface area (Å²) in [7, 11) is 1.71. The lowest BCUT2D eigenvalue weighted by Gasteiger charge is -2.45. The lowest BCUT2D eigenvalue weighted by Crippen LogP contribution is -2.62. The van der Waals surface area contributed by atoms with Gasteiger partial charge in [-0.05, 0) is 42.4 Å². The van der Waals surface area contributed by atoms with E-state index in [-0.39, 0.29) is 6.61 Å². The Morgan fingerprint density at radius 1 is 0.674 bits per heavy atom. The maximum absolute atomic E-state index is 12.4. The molecule has 248 valence electrons. The lowest BCUT2D eigenvalue weighted by atomic mass is 9.97. The standard InChI is InChI=1S/C38H48O8/c1-30(39)45-37-36(44-28-33-22-14-9-15-23-33)35(43-27-32-20-12-8-13-21-32)34(29-41-26-31-18-10-7-11-19-31)46-38(37)42-25-17-6-4-3-5-16-24-40-2/h3-4,7-15,18-23,34-38H,5-6,16-17,24-29H2,1-2H3/t34?,35-,36+,37?,38+/m1/s1. The van der Waals surface area contributed by atoms with Gasteiger partial charge in [-0.3, -0.25) is 4.79 Å². The predicted octanol–water partition coefficient (Wildman–Crippen LogP) is 6.81. The van der Waals surface area contributed by atoms with Crippen LogP contribution in [-0.2, 0) is 57.8 Å². The van der Waals surface area contributed by atoms with Gasteiger partial charge in [0.1, 0.15) is 18.3 Å². The van der Waals surface area contributed by atoms with Crippen molar-refractivity contribution in [2.75, 3.05) is 26.9 Å². The van der Waals surface area contributed by atoms with Crippen LogP contribution in [0.2, 0.25) is 0 Å². The van der Waals surface area contributed by atoms with Gasteiger partial charge in [0, 0.05) is 20.6 Å². The summed E-state index contributed by atoms with van der Waals surface area (Å²) in [6.45, 7) is 3.83. The molecule has 0 saturated carbocycles. The van der Waals surface area contributed by atoms with E-state index in [0.717, 1.165) is 49.0 Å². The van der Waals surface area contributed by atoms with Crippen molar-refractivity contribution in [3.8, 4) is 0 Å². The third-order valence-electron chi connectivity index (χ3n) is 7.54. The fourth-order valence-corrected chi connectivity index (χ4v) is 5.24. The van der Waals surface area contributed by atoms with Gasteiger partial charge < -0.3 is 33.2 Å². The average molecular weight is 633 g/mol. The molecule has 0 aliphatic carbocycles. The number of methoxy groups -OCH3 is 1. The molecule has 0 bridgehead atoms. The summed E-state index contributed by atoms with van der Waals surface area (Å²) < 4.78 is 43.1. The molecule has 0 amide bonds. The van der Waals surface area contributed by atoms with E-state index in [2.05, 4.69) is 12.2 Å². The molecule has 5 atom stereocenters. The minimum absolute atomic E-state index is 0.233. The molecule has 3 aromatic rings. The molecular weight excluding hydrogens is 584 g/mol. The van der Waals surface area contributed by atoms with Crippen LogP contribution in [0.1, 0.15) is 49.3 Å². The highest BCUT2D eigenvalue weighted by molar-refractivity contribution is 5.66. The Morgan fingerprint density at radius 2 is 1.20 bits per heavy atom. The Bertz CT molecular complexity index is 1250. The van der Waals surface area contributed by atoms with Crippen molar-refractivity contribution in [3.05, 3.63) is 120 Å². The molecular formula is C38H48O8. The zero-order chi connectivity index (χ0) is 32.2. The number of carbonyl (C=O) groups is 1. The first-order valence-electron chi connectivity index (χ1n) is 16.1. The van der Waals surface area contributed by atoms with Crippen LogP contribution in [0, 0.1) is 0 Å². The summed E-state index contributed by atoms with van der Waals surface area (Å²) in [5.41, 5.74) is 3.05. The van der Waals surface area contributed by atoms with E-state index in [0.29, 0.717) is 26.4 Å². The van der Waals surface area contributed by atoms with Gasteiger partial charge in [0.25, 0.3) is 0 Å². The van der Waals surface area contributed by atoms with Gasteiger partial charge in [0.15, 0.2) is 12.4 Å². The van der Waals surface area contributed by atoms with Crippen molar-refractivity contribution in [1.82, 2.24) is 0 Å². The number of unbranched alkanes of at least 4 members (excludes halogenated alkanes) is 2. The Morgan fingerprint density at radius 3 is 1.74 bits per heavy atom. The van der Waals surface area contributed by atoms with E-state index in [1.807, 2.05) is 91.0 Å². The van der Waals surface area contributed by atoms with Gasteiger partial charge in [0.05, 0.1) is 33.0 Å². The smallest absolute Gasteiger partial charge is 0.303 e. The number of allylic oxidation sites excluding steroid dienone is 2. The maximum Gasteiger partial charge on any atom is 0.303 e. The summed E-state index contributed by atoms with van der Waals surface area (Å²) in [5.74, 6) is -0.449. The van der Waals surface area contributed by atoms with Crippen molar-refractivity contribution >= 4 is 5.97 Å². The summed E-state index contributed by atoms with van der Waals surface area (Å²) in [4.78, 5) is 12.4. The van der Waals surface area contributed by atoms with Gasteiger partial charge in [-0.15, -0.1) is 0 Å². The number of esters is 1. The van der Waals surface area contributed by atoms with Crippen LogP contribution in [0.4, 0.5) is 0 Å². The van der Waals surface area contributed by atoms with Crippen molar-refractivity contribution in [1.29, 1.82) is 0 Å². The van der Waals surface area contributed by atoms with Gasteiger partial charge in [-0.25, -0.2) is 0 Å². The van der Waals surface area contributed by atoms with Crippen molar-refractivity contribution in [2.24, 2.45) is 0 Å². The predicted molar refractivity (Wildman–Crippen MR) is 176 cm³/mol. The first-order chi connectivity index (χ1) is 22.6. The molecule has 8 heteroatoms. The summed E-state index contributed by atoms with van der Waals surface area (Å²) in [6, 6.07) is 29.8. The van der Waals surface area contributed by atoms with E-state index in [1.165, 1.54) is 6.92 Å². The second-order valence-corrected chi connectivity index (χ2v) is 11.3. The van der Waals surface area contributed by atoms with E-state index < -0.39 is 36.7 Å². The second-order valence-electron chi connectivity index (χ2n) is 11.3. The van der Waals surface area contributed by atoms with Crippen molar-refractivity contribution < 1.29 is 38.0 Å². The fraction of sp³-hybridized carbons (Fsp3) is 0.447. The number of carbonyl (C=O) groups excluding carboxylic acids is 1. The molecule has 0 N–H and O–H groups in total. The SMILES string of the molecule is COCCCC=CCCCO[C@H]1OC(COCc2ccccc2)[C@@H](OCc2ccccc2)[C@H](OCc2ccccc2)C1OC(C)=O. The van der Waals surface area contributed by atoms with Crippen LogP contribution < -0.4 is 0 Å². The van der Waals surface area contributed by atoms with Crippen LogP contribution in [-0.4, -0.2) is 63.6 Å². The maximum atomic E-state index is 12.4. The lowest BCUT2D eigenvalue weighted by molar-refractivity contribution is -0.321. The molecule has 1 saturated heterocycles. The molecule has 1 heterocycles. The summed E-state index contributed by atoms with van der Waals surface area (Å²) >= 11 is 0. The Hall–Kier alpha value is -3.37. The van der Waals surface area contributed by atoms with E-state index >= 15 is 0 Å². The minimum Gasteiger partial charge on any atom is -0.454 e. The van der Waals surface area contributed by atoms with Gasteiger partial charge in [-0.1, -0.05) is 103 Å². The minimum atomic E-state index is -0.864. The highest BCUT2D eigenvalue weighted by atomic mass is 16.7.